The summed E-state index contributed by atoms with van der Waals surface area (Å²) in [4.78, 5) is 0. The molecule has 0 bridgehead atoms. The van der Waals surface area contributed by atoms with Gasteiger partial charge in [-0.15, -0.1) is 0 Å². The van der Waals surface area contributed by atoms with Crippen LogP contribution < -0.4 is 0 Å². The molecule has 0 aliphatic carbocycles. The molecule has 0 saturated heterocycles. The molecule has 0 rings (SSSR count). The van der Waals surface area contributed by atoms with E-state index in [9.17, 15) is 8.76 Å². The van der Waals surface area contributed by atoms with Gasteiger partial charge >= 0.3 is 0 Å². The highest BCUT2D eigenvalue weighted by atomic mass is 127. The van der Waals surface area contributed by atoms with Crippen molar-refractivity contribution in [2.75, 3.05) is 0 Å². The first-order valence-corrected chi connectivity index (χ1v) is 3.13. The lowest BCUT2D eigenvalue weighted by Crippen LogP contribution is -1.74. The monoisotopic (exact) mass is 215 g/mol. The molecule has 1 unspecified atom stereocenters. The predicted molar refractivity (Wildman–Crippen MR) is 30.7 cm³/mol. The third-order valence-electron chi connectivity index (χ3n) is 0.122. The summed E-state index contributed by atoms with van der Waals surface area (Å²) in [6.07, 6.45) is 0. The van der Waals surface area contributed by atoms with Crippen LogP contribution in [0.3, 0.4) is 0 Å². The molecule has 2 nitrogen and oxygen atoms in total. The molecular formula is C2IO2S-. The summed E-state index contributed by atoms with van der Waals surface area (Å²) in [7, 11) is 0. The molecular weight excluding hydrogens is 215 g/mol. The molecule has 0 fully saturated rings. The highest BCUT2D eigenvalue weighted by molar-refractivity contribution is 14.1. The maximum atomic E-state index is 9.42. The van der Waals surface area contributed by atoms with E-state index in [2.05, 4.69) is 3.93 Å². The largest absolute Gasteiger partial charge is 0.762 e. The second-order valence-electron chi connectivity index (χ2n) is 0.431. The number of hydrogen-bond donors (Lipinski definition) is 0. The second-order valence-corrected chi connectivity index (χ2v) is 1.64. The Kier molecular flexibility index (Phi) is 3.82. The van der Waals surface area contributed by atoms with Gasteiger partial charge in [-0.25, -0.2) is 0 Å². The fourth-order valence-electron chi connectivity index (χ4n) is 0.0315. The standard InChI is InChI=1S/C2HIO2S/c3-1-2-6(4)5/h(H,4,5)/p-1. The van der Waals surface area contributed by atoms with Gasteiger partial charge < -0.3 is 4.55 Å². The van der Waals surface area contributed by atoms with Crippen molar-refractivity contribution >= 4 is 33.7 Å². The Morgan fingerprint density at radius 1 is 1.83 bits per heavy atom. The highest BCUT2D eigenvalue weighted by Gasteiger charge is 1.56. The molecule has 0 saturated carbocycles. The van der Waals surface area contributed by atoms with Crippen molar-refractivity contribution in [1.29, 1.82) is 0 Å². The quantitative estimate of drug-likeness (QED) is 0.329. The number of halogens is 1. The van der Waals surface area contributed by atoms with E-state index in [1.165, 1.54) is 0 Å². The van der Waals surface area contributed by atoms with Crippen LogP contribution in [-0.4, -0.2) is 8.76 Å². The maximum absolute atomic E-state index is 9.42. The first-order chi connectivity index (χ1) is 2.77. The Hall–Kier alpha value is 0.400. The zero-order valence-electron chi connectivity index (χ0n) is 2.60. The van der Waals surface area contributed by atoms with Gasteiger partial charge in [-0.2, -0.15) is 0 Å². The Morgan fingerprint density at radius 3 is 2.33 bits per heavy atom. The van der Waals surface area contributed by atoms with Gasteiger partial charge in [0.2, 0.25) is 0 Å². The third-order valence-corrected chi connectivity index (χ3v) is 1.03. The molecule has 0 heterocycles. The smallest absolute Gasteiger partial charge is 0.0255 e. The molecule has 0 aromatic heterocycles. The van der Waals surface area contributed by atoms with Crippen LogP contribution in [0.4, 0.5) is 0 Å². The fraction of sp³-hybridized carbons (Fsp3) is 0. The number of rotatable bonds is 0. The molecule has 0 radical (unpaired) electrons. The zero-order valence-corrected chi connectivity index (χ0v) is 5.58. The van der Waals surface area contributed by atoms with Crippen molar-refractivity contribution in [3.05, 3.63) is 0 Å². The van der Waals surface area contributed by atoms with Crippen molar-refractivity contribution in [2.24, 2.45) is 0 Å². The van der Waals surface area contributed by atoms with Gasteiger partial charge in [-0.05, 0) is 9.18 Å². The van der Waals surface area contributed by atoms with Crippen LogP contribution in [0.5, 0.6) is 0 Å². The maximum Gasteiger partial charge on any atom is 0.0255 e. The van der Waals surface area contributed by atoms with Gasteiger partial charge in [-0.1, -0.05) is 0 Å². The Balaban J connectivity index is 3.50. The summed E-state index contributed by atoms with van der Waals surface area (Å²) < 4.78 is 21.0. The minimum Gasteiger partial charge on any atom is -0.762 e. The van der Waals surface area contributed by atoms with E-state index in [0.29, 0.717) is 0 Å². The molecule has 0 N–H and O–H groups in total. The normalized spacial score (nSPS) is 11.7. The van der Waals surface area contributed by atoms with E-state index >= 15 is 0 Å². The van der Waals surface area contributed by atoms with E-state index in [1.54, 1.807) is 22.6 Å². The minimum absolute atomic E-state index is 1.65. The molecule has 0 aromatic rings. The van der Waals surface area contributed by atoms with E-state index in [0.717, 1.165) is 0 Å². The minimum atomic E-state index is -2.18. The first kappa shape index (κ1) is 6.40. The lowest BCUT2D eigenvalue weighted by Gasteiger charge is -1.84. The topological polar surface area (TPSA) is 40.1 Å². The molecule has 0 aromatic carbocycles. The molecule has 0 aliphatic rings. The van der Waals surface area contributed by atoms with Crippen molar-refractivity contribution < 1.29 is 8.76 Å². The fourth-order valence-corrected chi connectivity index (χ4v) is 0.634. The summed E-state index contributed by atoms with van der Waals surface area (Å²) in [5.74, 6) is 0. The van der Waals surface area contributed by atoms with Crippen molar-refractivity contribution in [2.45, 2.75) is 0 Å². The van der Waals surface area contributed by atoms with Gasteiger partial charge in [0.15, 0.2) is 0 Å². The summed E-state index contributed by atoms with van der Waals surface area (Å²) >= 11 is -0.536. The summed E-state index contributed by atoms with van der Waals surface area (Å²) in [6, 6.07) is 0. The SMILES string of the molecule is O=S([O-])C#CI. The van der Waals surface area contributed by atoms with E-state index in [-0.39, 0.29) is 0 Å². The molecule has 34 valence electrons. The van der Waals surface area contributed by atoms with E-state index in [1.807, 2.05) is 5.25 Å². The van der Waals surface area contributed by atoms with Gasteiger partial charge in [0.25, 0.3) is 0 Å². The molecule has 1 atom stereocenters. The van der Waals surface area contributed by atoms with Crippen LogP contribution in [0, 0.1) is 9.18 Å². The Morgan fingerprint density at radius 2 is 2.33 bits per heavy atom. The lowest BCUT2D eigenvalue weighted by atomic mass is 11.4. The summed E-state index contributed by atoms with van der Waals surface area (Å²) in [5.41, 5.74) is 0. The average molecular weight is 215 g/mol. The van der Waals surface area contributed by atoms with Crippen LogP contribution >= 0.6 is 22.6 Å². The second kappa shape index (κ2) is 3.59. The molecule has 6 heavy (non-hydrogen) atoms. The molecule has 0 aliphatic heterocycles. The summed E-state index contributed by atoms with van der Waals surface area (Å²) in [6.45, 7) is 0. The zero-order chi connectivity index (χ0) is 4.99. The Bertz CT molecular complexity index is 110. The van der Waals surface area contributed by atoms with Gasteiger partial charge in [-0.3, -0.25) is 4.21 Å². The predicted octanol–water partition coefficient (Wildman–Crippen LogP) is 0.219. The van der Waals surface area contributed by atoms with Crippen LogP contribution in [0.15, 0.2) is 0 Å². The van der Waals surface area contributed by atoms with Gasteiger partial charge in [0.1, 0.15) is 0 Å². The Labute approximate surface area is 51.7 Å². The van der Waals surface area contributed by atoms with E-state index in [4.69, 9.17) is 0 Å². The van der Waals surface area contributed by atoms with Crippen LogP contribution in [-0.2, 0) is 11.1 Å². The van der Waals surface area contributed by atoms with Crippen molar-refractivity contribution in [3.63, 3.8) is 0 Å². The van der Waals surface area contributed by atoms with Crippen LogP contribution in [0.25, 0.3) is 0 Å². The number of hydrogen-bond acceptors (Lipinski definition) is 2. The van der Waals surface area contributed by atoms with E-state index < -0.39 is 11.1 Å². The average Bonchev–Trinajstić information content (AvgIpc) is 1.35. The first-order valence-electron chi connectivity index (χ1n) is 0.976. The summed E-state index contributed by atoms with van der Waals surface area (Å²) in [5, 5.41) is 1.86. The molecule has 0 amide bonds. The van der Waals surface area contributed by atoms with Gasteiger partial charge in [0.05, 0.1) is 0 Å². The lowest BCUT2D eigenvalue weighted by molar-refractivity contribution is 0.548. The van der Waals surface area contributed by atoms with Crippen LogP contribution in [0.1, 0.15) is 0 Å². The molecule has 4 heteroatoms. The van der Waals surface area contributed by atoms with Gasteiger partial charge in [0, 0.05) is 33.7 Å². The van der Waals surface area contributed by atoms with Crippen LogP contribution in [0.2, 0.25) is 0 Å². The third kappa shape index (κ3) is 4.40. The molecule has 0 spiro atoms. The van der Waals surface area contributed by atoms with Crippen molar-refractivity contribution in [1.82, 2.24) is 0 Å². The highest BCUT2D eigenvalue weighted by Crippen LogP contribution is 1.71. The van der Waals surface area contributed by atoms with Crippen molar-refractivity contribution in [3.8, 4) is 9.18 Å².